The molecule has 0 aliphatic heterocycles. The van der Waals surface area contributed by atoms with Crippen LogP contribution in [-0.2, 0) is 20.7 Å². The second-order valence-corrected chi connectivity index (χ2v) is 6.03. The van der Waals surface area contributed by atoms with Crippen LogP contribution in [0.4, 0.5) is 0 Å². The van der Waals surface area contributed by atoms with Crippen LogP contribution in [0.3, 0.4) is 0 Å². The van der Waals surface area contributed by atoms with E-state index >= 15 is 0 Å². The van der Waals surface area contributed by atoms with Gasteiger partial charge in [-0.3, -0.25) is 9.59 Å². The van der Waals surface area contributed by atoms with Crippen LogP contribution in [0.1, 0.15) is 25.8 Å². The highest BCUT2D eigenvalue weighted by molar-refractivity contribution is 5.78. The Morgan fingerprint density at radius 2 is 1.68 bits per heavy atom. The van der Waals surface area contributed by atoms with Gasteiger partial charge in [0, 0.05) is 19.6 Å². The van der Waals surface area contributed by atoms with Crippen LogP contribution in [0, 0.1) is 0 Å². The van der Waals surface area contributed by atoms with Gasteiger partial charge in [0.15, 0.2) is 6.61 Å². The molecule has 0 fully saturated rings. The van der Waals surface area contributed by atoms with E-state index in [2.05, 4.69) is 6.92 Å². The highest BCUT2D eigenvalue weighted by Crippen LogP contribution is 2.12. The molecule has 0 bridgehead atoms. The van der Waals surface area contributed by atoms with E-state index < -0.39 is 0 Å². The lowest BCUT2D eigenvalue weighted by molar-refractivity contribution is -0.144. The third-order valence-electron chi connectivity index (χ3n) is 3.75. The van der Waals surface area contributed by atoms with Crippen molar-refractivity contribution in [2.24, 2.45) is 0 Å². The molecule has 0 N–H and O–H groups in total. The smallest absolute Gasteiger partial charge is 0.307 e. The standard InChI is InChI=1S/C19H30N2O4/c1-5-16-7-9-17(10-8-16)25-15-18(22)21(14-13-20(3)4)12-11-19(23)24-6-2/h7-10H,5-6,11-15H2,1-4H3. The van der Waals surface area contributed by atoms with Gasteiger partial charge in [-0.25, -0.2) is 0 Å². The van der Waals surface area contributed by atoms with Crippen molar-refractivity contribution in [2.45, 2.75) is 26.7 Å². The number of hydrogen-bond acceptors (Lipinski definition) is 5. The fourth-order valence-electron chi connectivity index (χ4n) is 2.20. The fraction of sp³-hybridized carbons (Fsp3) is 0.579. The van der Waals surface area contributed by atoms with Crippen LogP contribution in [0.2, 0.25) is 0 Å². The Bertz CT molecular complexity index is 529. The third-order valence-corrected chi connectivity index (χ3v) is 3.75. The number of hydrogen-bond donors (Lipinski definition) is 0. The van der Waals surface area contributed by atoms with Crippen LogP contribution in [0.25, 0.3) is 0 Å². The minimum atomic E-state index is -0.291. The largest absolute Gasteiger partial charge is 0.484 e. The van der Waals surface area contributed by atoms with Crippen molar-refractivity contribution < 1.29 is 19.1 Å². The number of amides is 1. The molecule has 0 unspecified atom stereocenters. The van der Waals surface area contributed by atoms with Crippen molar-refractivity contribution in [1.82, 2.24) is 9.80 Å². The van der Waals surface area contributed by atoms with Gasteiger partial charge in [0.1, 0.15) is 5.75 Å². The highest BCUT2D eigenvalue weighted by atomic mass is 16.5. The van der Waals surface area contributed by atoms with E-state index in [-0.39, 0.29) is 24.9 Å². The van der Waals surface area contributed by atoms with Crippen molar-refractivity contribution in [1.29, 1.82) is 0 Å². The van der Waals surface area contributed by atoms with E-state index in [0.29, 0.717) is 25.4 Å². The number of ether oxygens (including phenoxy) is 2. The summed E-state index contributed by atoms with van der Waals surface area (Å²) in [7, 11) is 3.89. The number of rotatable bonds is 11. The SMILES string of the molecule is CCOC(=O)CCN(CCN(C)C)C(=O)COc1ccc(CC)cc1. The van der Waals surface area contributed by atoms with Gasteiger partial charge in [-0.1, -0.05) is 19.1 Å². The zero-order valence-electron chi connectivity index (χ0n) is 15.8. The van der Waals surface area contributed by atoms with Gasteiger partial charge >= 0.3 is 5.97 Å². The first-order valence-electron chi connectivity index (χ1n) is 8.76. The predicted octanol–water partition coefficient (Wildman–Crippen LogP) is 1.97. The molecule has 0 radical (unpaired) electrons. The third kappa shape index (κ3) is 8.54. The van der Waals surface area contributed by atoms with E-state index in [9.17, 15) is 9.59 Å². The van der Waals surface area contributed by atoms with Crippen molar-refractivity contribution >= 4 is 11.9 Å². The second-order valence-electron chi connectivity index (χ2n) is 6.03. The Hall–Kier alpha value is -2.08. The number of aryl methyl sites for hydroxylation is 1. The molecule has 1 rings (SSSR count). The summed E-state index contributed by atoms with van der Waals surface area (Å²) in [6.07, 6.45) is 1.16. The van der Waals surface area contributed by atoms with Crippen LogP contribution in [0.5, 0.6) is 5.75 Å². The molecular weight excluding hydrogens is 320 g/mol. The van der Waals surface area contributed by atoms with Crippen molar-refractivity contribution in [3.8, 4) is 5.75 Å². The zero-order valence-corrected chi connectivity index (χ0v) is 15.8. The number of carbonyl (C=O) groups excluding carboxylic acids is 2. The van der Waals surface area contributed by atoms with E-state index in [1.165, 1.54) is 5.56 Å². The predicted molar refractivity (Wildman–Crippen MR) is 97.7 cm³/mol. The first-order chi connectivity index (χ1) is 12.0. The average Bonchev–Trinajstić information content (AvgIpc) is 2.60. The monoisotopic (exact) mass is 350 g/mol. The molecule has 140 valence electrons. The Balaban J connectivity index is 2.55. The minimum absolute atomic E-state index is 0.0400. The van der Waals surface area contributed by atoms with Gasteiger partial charge < -0.3 is 19.3 Å². The first kappa shape index (κ1) is 21.0. The molecule has 25 heavy (non-hydrogen) atoms. The summed E-state index contributed by atoms with van der Waals surface area (Å²) in [5.74, 6) is 0.246. The maximum Gasteiger partial charge on any atom is 0.307 e. The summed E-state index contributed by atoms with van der Waals surface area (Å²) in [4.78, 5) is 27.6. The zero-order chi connectivity index (χ0) is 18.7. The van der Waals surface area contributed by atoms with Gasteiger partial charge in [0.05, 0.1) is 13.0 Å². The van der Waals surface area contributed by atoms with Gasteiger partial charge in [-0.2, -0.15) is 0 Å². The number of esters is 1. The summed E-state index contributed by atoms with van der Waals surface area (Å²) < 4.78 is 10.5. The molecule has 0 saturated heterocycles. The summed E-state index contributed by atoms with van der Waals surface area (Å²) in [6.45, 7) is 5.77. The molecular formula is C19H30N2O4. The van der Waals surface area contributed by atoms with Crippen LogP contribution < -0.4 is 4.74 Å². The maximum absolute atomic E-state index is 12.5. The molecule has 0 saturated carbocycles. The topological polar surface area (TPSA) is 59.1 Å². The van der Waals surface area contributed by atoms with Gasteiger partial charge in [0.2, 0.25) is 0 Å². The van der Waals surface area contributed by atoms with E-state index in [1.54, 1.807) is 11.8 Å². The number of benzene rings is 1. The van der Waals surface area contributed by atoms with E-state index in [0.717, 1.165) is 13.0 Å². The normalized spacial score (nSPS) is 10.6. The van der Waals surface area contributed by atoms with Crippen LogP contribution in [-0.4, -0.2) is 68.6 Å². The molecule has 0 aromatic heterocycles. The Morgan fingerprint density at radius 1 is 1.00 bits per heavy atom. The molecule has 1 aromatic rings. The molecule has 6 nitrogen and oxygen atoms in total. The Kier molecular flexibility index (Phi) is 9.62. The lowest BCUT2D eigenvalue weighted by Gasteiger charge is -2.24. The molecule has 0 aliphatic carbocycles. The van der Waals surface area contributed by atoms with Crippen molar-refractivity contribution in [3.05, 3.63) is 29.8 Å². The summed E-state index contributed by atoms with van der Waals surface area (Å²) in [5, 5.41) is 0. The van der Waals surface area contributed by atoms with Gasteiger partial charge in [-0.15, -0.1) is 0 Å². The van der Waals surface area contributed by atoms with Crippen molar-refractivity contribution in [2.75, 3.05) is 46.9 Å². The average molecular weight is 350 g/mol. The number of nitrogens with zero attached hydrogens (tertiary/aromatic N) is 2. The molecule has 6 heteroatoms. The molecule has 0 spiro atoms. The second kappa shape index (κ2) is 11.5. The molecule has 0 aliphatic rings. The fourth-order valence-corrected chi connectivity index (χ4v) is 2.20. The summed E-state index contributed by atoms with van der Waals surface area (Å²) in [5.41, 5.74) is 1.22. The van der Waals surface area contributed by atoms with Gasteiger partial charge in [0.25, 0.3) is 5.91 Å². The minimum Gasteiger partial charge on any atom is -0.484 e. The maximum atomic E-state index is 12.5. The molecule has 0 atom stereocenters. The molecule has 1 aromatic carbocycles. The number of carbonyl (C=O) groups is 2. The van der Waals surface area contributed by atoms with Crippen LogP contribution in [0.15, 0.2) is 24.3 Å². The van der Waals surface area contributed by atoms with E-state index in [4.69, 9.17) is 9.47 Å². The Morgan fingerprint density at radius 3 is 2.24 bits per heavy atom. The lowest BCUT2D eigenvalue weighted by atomic mass is 10.2. The highest BCUT2D eigenvalue weighted by Gasteiger charge is 2.16. The summed E-state index contributed by atoms with van der Waals surface area (Å²) in [6, 6.07) is 7.72. The number of likely N-dealkylation sites (N-methyl/N-ethyl adjacent to an activating group) is 1. The summed E-state index contributed by atoms with van der Waals surface area (Å²) >= 11 is 0. The molecule has 1 amide bonds. The lowest BCUT2D eigenvalue weighted by Crippen LogP contribution is -2.40. The van der Waals surface area contributed by atoms with Gasteiger partial charge in [-0.05, 0) is 45.1 Å². The van der Waals surface area contributed by atoms with Crippen molar-refractivity contribution in [3.63, 3.8) is 0 Å². The quantitative estimate of drug-likeness (QED) is 0.571. The molecule has 0 heterocycles. The van der Waals surface area contributed by atoms with Crippen LogP contribution >= 0.6 is 0 Å². The van der Waals surface area contributed by atoms with E-state index in [1.807, 2.05) is 43.3 Å². The Labute approximate surface area is 150 Å². The first-order valence-corrected chi connectivity index (χ1v) is 8.76.